The molecule has 0 saturated carbocycles. The molecule has 1 aromatic rings. The third-order valence-electron chi connectivity index (χ3n) is 2.49. The lowest BCUT2D eigenvalue weighted by atomic mass is 10.2. The molecule has 0 aliphatic heterocycles. The van der Waals surface area contributed by atoms with Crippen molar-refractivity contribution in [3.05, 3.63) is 29.3 Å². The van der Waals surface area contributed by atoms with Crippen LogP contribution in [0.2, 0.25) is 0 Å². The van der Waals surface area contributed by atoms with Crippen molar-refractivity contribution in [1.29, 1.82) is 0 Å². The number of rotatable bonds is 4. The van der Waals surface area contributed by atoms with Gasteiger partial charge in [-0.15, -0.1) is 0 Å². The Balaban J connectivity index is 3.71. The minimum Gasteiger partial charge on any atom is -0.217 e. The molecule has 0 unspecified atom stereocenters. The van der Waals surface area contributed by atoms with Gasteiger partial charge >= 0.3 is 20.7 Å². The highest BCUT2D eigenvalue weighted by molar-refractivity contribution is 7.94. The van der Waals surface area contributed by atoms with Gasteiger partial charge in [-0.3, -0.25) is 0 Å². The van der Waals surface area contributed by atoms with Gasteiger partial charge in [0.1, 0.15) is 16.5 Å². The molecule has 0 aliphatic rings. The van der Waals surface area contributed by atoms with Crippen LogP contribution in [0.5, 0.6) is 0 Å². The fraction of sp³-hybridized carbons (Fsp3) is 0.333. The van der Waals surface area contributed by atoms with Crippen molar-refractivity contribution in [2.24, 2.45) is 0 Å². The van der Waals surface area contributed by atoms with Crippen molar-refractivity contribution in [2.75, 3.05) is 0 Å². The van der Waals surface area contributed by atoms with E-state index in [0.29, 0.717) is 0 Å². The molecule has 126 valence electrons. The summed E-state index contributed by atoms with van der Waals surface area (Å²) in [5.41, 5.74) is -0.537. The molecular weight excluding hydrogens is 369 g/mol. The molecule has 22 heavy (non-hydrogen) atoms. The van der Waals surface area contributed by atoms with Gasteiger partial charge in [0.15, 0.2) is 0 Å². The summed E-state index contributed by atoms with van der Waals surface area (Å²) in [5, 5.41) is -13.3. The van der Waals surface area contributed by atoms with Crippen LogP contribution in [0.25, 0.3) is 0 Å². The Bertz CT molecular complexity index is 815. The predicted molar refractivity (Wildman–Crippen MR) is 58.2 cm³/mol. The van der Waals surface area contributed by atoms with Gasteiger partial charge in [0.2, 0.25) is 0 Å². The summed E-state index contributed by atoms with van der Waals surface area (Å²) in [5.74, 6) is -3.58. The molecule has 4 nitrogen and oxygen atoms in total. The molecule has 13 heteroatoms. The molecule has 0 radical (unpaired) electrons. The first kappa shape index (κ1) is 18.7. The van der Waals surface area contributed by atoms with Gasteiger partial charge in [0.25, 0.3) is 9.84 Å². The Morgan fingerprint density at radius 3 is 1.73 bits per heavy atom. The van der Waals surface area contributed by atoms with Gasteiger partial charge in [-0.1, -0.05) is 3.89 Å². The molecule has 0 heterocycles. The SMILES string of the molecule is Cc1cc(F)c(S(=O)(=O)C(F)(F)C(F)(F)S(=O)(=O)F)cc1F. The molecule has 0 spiro atoms. The van der Waals surface area contributed by atoms with Crippen LogP contribution in [-0.4, -0.2) is 27.3 Å². The van der Waals surface area contributed by atoms with Crippen LogP contribution >= 0.6 is 0 Å². The van der Waals surface area contributed by atoms with E-state index in [0.717, 1.165) is 6.92 Å². The average molecular weight is 374 g/mol. The highest BCUT2D eigenvalue weighted by Crippen LogP contribution is 2.46. The fourth-order valence-electron chi connectivity index (χ4n) is 1.27. The molecule has 0 atom stereocenters. The first-order chi connectivity index (χ1) is 9.57. The molecule has 1 rings (SSSR count). The zero-order valence-electron chi connectivity index (χ0n) is 10.2. The van der Waals surface area contributed by atoms with Crippen molar-refractivity contribution in [3.63, 3.8) is 0 Å². The first-order valence-electron chi connectivity index (χ1n) is 4.97. The van der Waals surface area contributed by atoms with E-state index in [1.807, 2.05) is 0 Å². The molecule has 0 aliphatic carbocycles. The van der Waals surface area contributed by atoms with Crippen molar-refractivity contribution >= 4 is 20.1 Å². The highest BCUT2D eigenvalue weighted by atomic mass is 32.3. The van der Waals surface area contributed by atoms with Crippen LogP contribution in [-0.2, 0) is 20.1 Å². The van der Waals surface area contributed by atoms with E-state index < -0.39 is 52.7 Å². The lowest BCUT2D eigenvalue weighted by Gasteiger charge is -2.23. The molecular formula is C9H5F7O4S2. The minimum atomic E-state index is -7.36. The fourth-order valence-corrected chi connectivity index (χ4v) is 3.35. The number of halogens is 7. The molecule has 0 N–H and O–H groups in total. The first-order valence-corrected chi connectivity index (χ1v) is 7.84. The van der Waals surface area contributed by atoms with E-state index in [4.69, 9.17) is 0 Å². The number of sulfone groups is 1. The average Bonchev–Trinajstić information content (AvgIpc) is 2.31. The van der Waals surface area contributed by atoms with Crippen LogP contribution in [0.15, 0.2) is 17.0 Å². The molecule has 0 amide bonds. The molecule has 0 fully saturated rings. The number of hydrogen-bond donors (Lipinski definition) is 0. The summed E-state index contributed by atoms with van der Waals surface area (Å²) in [4.78, 5) is -2.23. The van der Waals surface area contributed by atoms with E-state index in [9.17, 15) is 47.1 Å². The largest absolute Gasteiger partial charge is 0.451 e. The number of benzene rings is 1. The summed E-state index contributed by atoms with van der Waals surface area (Å²) >= 11 is 0. The second kappa shape index (κ2) is 5.08. The van der Waals surface area contributed by atoms with Crippen molar-refractivity contribution in [2.45, 2.75) is 22.3 Å². The Kier molecular flexibility index (Phi) is 4.31. The van der Waals surface area contributed by atoms with Crippen LogP contribution in [0, 0.1) is 18.6 Å². The van der Waals surface area contributed by atoms with Gasteiger partial charge in [0.05, 0.1) is 0 Å². The molecule has 0 bridgehead atoms. The Hall–Kier alpha value is -1.37. The maximum absolute atomic E-state index is 13.4. The smallest absolute Gasteiger partial charge is 0.217 e. The van der Waals surface area contributed by atoms with Crippen molar-refractivity contribution < 1.29 is 47.1 Å². The Morgan fingerprint density at radius 2 is 1.32 bits per heavy atom. The van der Waals surface area contributed by atoms with Crippen LogP contribution in [0.3, 0.4) is 0 Å². The van der Waals surface area contributed by atoms with Crippen LogP contribution in [0.1, 0.15) is 5.56 Å². The van der Waals surface area contributed by atoms with Crippen molar-refractivity contribution in [3.8, 4) is 0 Å². The number of alkyl halides is 4. The summed E-state index contributed by atoms with van der Waals surface area (Å²) in [6.07, 6.45) is 0. The van der Waals surface area contributed by atoms with E-state index in [1.165, 1.54) is 0 Å². The lowest BCUT2D eigenvalue weighted by molar-refractivity contribution is -0.0993. The monoisotopic (exact) mass is 374 g/mol. The minimum absolute atomic E-state index is 0.111. The van der Waals surface area contributed by atoms with E-state index in [-0.39, 0.29) is 12.1 Å². The molecule has 1 aromatic carbocycles. The van der Waals surface area contributed by atoms with Gasteiger partial charge < -0.3 is 0 Å². The second-order valence-electron chi connectivity index (χ2n) is 4.01. The summed E-state index contributed by atoms with van der Waals surface area (Å²) in [6, 6.07) is -0.227. The quantitative estimate of drug-likeness (QED) is 0.600. The number of aryl methyl sites for hydroxylation is 1. The standard InChI is InChI=1S/C9H5F7O4S2/c1-4-2-6(11)7(3-5(4)10)21(17,18)8(12,13)9(14,15)22(16,19)20/h2-3H,1H3. The Labute approximate surface area is 119 Å². The van der Waals surface area contributed by atoms with Gasteiger partial charge in [0, 0.05) is 0 Å². The van der Waals surface area contributed by atoms with Gasteiger partial charge in [-0.2, -0.15) is 26.0 Å². The number of hydrogen-bond acceptors (Lipinski definition) is 4. The molecule has 0 saturated heterocycles. The van der Waals surface area contributed by atoms with Gasteiger partial charge in [-0.05, 0) is 24.6 Å². The van der Waals surface area contributed by atoms with E-state index >= 15 is 0 Å². The lowest BCUT2D eigenvalue weighted by Crippen LogP contribution is -2.50. The van der Waals surface area contributed by atoms with Crippen molar-refractivity contribution in [1.82, 2.24) is 0 Å². The summed E-state index contributed by atoms with van der Waals surface area (Å²) in [6.45, 7) is 0.910. The van der Waals surface area contributed by atoms with Crippen LogP contribution < -0.4 is 0 Å². The van der Waals surface area contributed by atoms with E-state index in [1.54, 1.807) is 0 Å². The third kappa shape index (κ3) is 2.55. The van der Waals surface area contributed by atoms with Gasteiger partial charge in [-0.25, -0.2) is 17.2 Å². The zero-order valence-corrected chi connectivity index (χ0v) is 11.9. The topological polar surface area (TPSA) is 68.3 Å². The normalized spacial score (nSPS) is 14.2. The Morgan fingerprint density at radius 1 is 0.864 bits per heavy atom. The maximum Gasteiger partial charge on any atom is 0.451 e. The van der Waals surface area contributed by atoms with E-state index in [2.05, 4.69) is 0 Å². The summed E-state index contributed by atoms with van der Waals surface area (Å²) < 4.78 is 134. The summed E-state index contributed by atoms with van der Waals surface area (Å²) in [7, 11) is -14.1. The van der Waals surface area contributed by atoms with Crippen LogP contribution in [0.4, 0.5) is 30.2 Å². The third-order valence-corrected chi connectivity index (χ3v) is 5.31. The maximum atomic E-state index is 13.4. The zero-order chi connectivity index (χ0) is 17.7. The highest BCUT2D eigenvalue weighted by Gasteiger charge is 2.74. The predicted octanol–water partition coefficient (Wildman–Crippen LogP) is 2.53. The molecule has 0 aromatic heterocycles. The second-order valence-corrected chi connectivity index (χ2v) is 7.35.